The van der Waals surface area contributed by atoms with Gasteiger partial charge in [0, 0.05) is 25.9 Å². The zero-order valence-corrected chi connectivity index (χ0v) is 13.5. The molecular formula is C18H16ClN3O. The number of imidazole rings is 1. The highest BCUT2D eigenvalue weighted by atomic mass is 35.5. The van der Waals surface area contributed by atoms with E-state index in [0.29, 0.717) is 18.0 Å². The Labute approximate surface area is 139 Å². The van der Waals surface area contributed by atoms with Crippen LogP contribution in [0, 0.1) is 0 Å². The lowest BCUT2D eigenvalue weighted by Gasteiger charge is -2.18. The number of nitrogens with zero attached hydrogens (tertiary/aromatic N) is 3. The van der Waals surface area contributed by atoms with Crippen LogP contribution in [-0.2, 0) is 11.8 Å². The molecule has 2 aromatic carbocycles. The number of amides is 1. The van der Waals surface area contributed by atoms with Gasteiger partial charge in [0.15, 0.2) is 0 Å². The van der Waals surface area contributed by atoms with E-state index >= 15 is 0 Å². The Morgan fingerprint density at radius 2 is 1.87 bits per heavy atom. The first-order chi connectivity index (χ1) is 11.1. The lowest BCUT2D eigenvalue weighted by atomic mass is 10.1. The van der Waals surface area contributed by atoms with Crippen LogP contribution in [0.15, 0.2) is 48.5 Å². The second-order valence-corrected chi connectivity index (χ2v) is 6.28. The Kier molecular flexibility index (Phi) is 3.34. The fraction of sp³-hybridized carbons (Fsp3) is 0.222. The van der Waals surface area contributed by atoms with Crippen molar-refractivity contribution in [2.45, 2.75) is 12.3 Å². The van der Waals surface area contributed by atoms with Crippen molar-refractivity contribution >= 4 is 34.2 Å². The number of hydrogen-bond donors (Lipinski definition) is 0. The number of rotatable bonds is 2. The first kappa shape index (κ1) is 14.3. The van der Waals surface area contributed by atoms with E-state index in [9.17, 15) is 4.79 Å². The van der Waals surface area contributed by atoms with Crippen molar-refractivity contribution < 1.29 is 4.79 Å². The van der Waals surface area contributed by atoms with Gasteiger partial charge in [0.05, 0.1) is 21.7 Å². The minimum absolute atomic E-state index is 0.0798. The summed E-state index contributed by atoms with van der Waals surface area (Å²) in [6.45, 7) is 0.611. The Hall–Kier alpha value is -2.33. The maximum absolute atomic E-state index is 12.5. The number of halogens is 1. The molecule has 1 unspecified atom stereocenters. The summed E-state index contributed by atoms with van der Waals surface area (Å²) in [5.74, 6) is 1.13. The molecule has 23 heavy (non-hydrogen) atoms. The third-order valence-electron chi connectivity index (χ3n) is 4.46. The van der Waals surface area contributed by atoms with E-state index in [1.54, 1.807) is 4.90 Å². The summed E-state index contributed by atoms with van der Waals surface area (Å²) in [6.07, 6.45) is 0.461. The number of hydrogen-bond acceptors (Lipinski definition) is 2. The second kappa shape index (κ2) is 5.39. The molecule has 1 atom stereocenters. The van der Waals surface area contributed by atoms with Crippen LogP contribution in [0.25, 0.3) is 11.0 Å². The molecule has 5 heteroatoms. The molecule has 4 nitrogen and oxygen atoms in total. The highest BCUT2D eigenvalue weighted by Gasteiger charge is 2.35. The molecule has 1 aliphatic rings. The van der Waals surface area contributed by atoms with Crippen molar-refractivity contribution in [3.63, 3.8) is 0 Å². The van der Waals surface area contributed by atoms with Crippen molar-refractivity contribution in [2.24, 2.45) is 7.05 Å². The van der Waals surface area contributed by atoms with Gasteiger partial charge in [-0.25, -0.2) is 4.98 Å². The van der Waals surface area contributed by atoms with Crippen molar-refractivity contribution in [3.8, 4) is 0 Å². The molecule has 0 aliphatic carbocycles. The molecule has 1 saturated heterocycles. The largest absolute Gasteiger partial charge is 0.331 e. The van der Waals surface area contributed by atoms with Crippen LogP contribution in [0.2, 0.25) is 5.02 Å². The summed E-state index contributed by atoms with van der Waals surface area (Å²) in [5.41, 5.74) is 2.83. The smallest absolute Gasteiger partial charge is 0.227 e. The van der Waals surface area contributed by atoms with E-state index in [0.717, 1.165) is 22.5 Å². The fourth-order valence-electron chi connectivity index (χ4n) is 3.31. The number of anilines is 1. The third kappa shape index (κ3) is 2.30. The number of para-hydroxylation sites is 3. The Balaban J connectivity index is 1.70. The summed E-state index contributed by atoms with van der Waals surface area (Å²) in [5, 5.41) is 0.603. The molecule has 0 N–H and O–H groups in total. The maximum atomic E-state index is 12.5. The van der Waals surface area contributed by atoms with Gasteiger partial charge in [0.25, 0.3) is 0 Å². The number of aryl methyl sites for hydroxylation is 1. The van der Waals surface area contributed by atoms with Crippen LogP contribution in [0.1, 0.15) is 18.2 Å². The van der Waals surface area contributed by atoms with Gasteiger partial charge in [-0.05, 0) is 24.3 Å². The zero-order valence-electron chi connectivity index (χ0n) is 12.7. The number of aromatic nitrogens is 2. The summed E-state index contributed by atoms with van der Waals surface area (Å²) in [4.78, 5) is 19.0. The lowest BCUT2D eigenvalue weighted by molar-refractivity contribution is -0.117. The first-order valence-corrected chi connectivity index (χ1v) is 7.99. The minimum Gasteiger partial charge on any atom is -0.331 e. The van der Waals surface area contributed by atoms with Crippen LogP contribution in [0.4, 0.5) is 5.69 Å². The van der Waals surface area contributed by atoms with Gasteiger partial charge in [0.1, 0.15) is 5.82 Å². The molecule has 1 aromatic heterocycles. The number of fused-ring (bicyclic) bond motifs is 1. The van der Waals surface area contributed by atoms with Crippen LogP contribution in [-0.4, -0.2) is 22.0 Å². The monoisotopic (exact) mass is 325 g/mol. The summed E-state index contributed by atoms with van der Waals surface area (Å²) >= 11 is 6.24. The number of carbonyl (C=O) groups excluding carboxylic acids is 1. The summed E-state index contributed by atoms with van der Waals surface area (Å²) in [6, 6.07) is 15.5. The van der Waals surface area contributed by atoms with Crippen LogP contribution < -0.4 is 4.90 Å². The van der Waals surface area contributed by atoms with Gasteiger partial charge in [-0.1, -0.05) is 35.9 Å². The van der Waals surface area contributed by atoms with Crippen LogP contribution >= 0.6 is 11.6 Å². The average Bonchev–Trinajstić information content (AvgIpc) is 3.09. The van der Waals surface area contributed by atoms with Gasteiger partial charge in [-0.3, -0.25) is 4.79 Å². The Morgan fingerprint density at radius 3 is 2.65 bits per heavy atom. The summed E-state index contributed by atoms with van der Waals surface area (Å²) in [7, 11) is 2.01. The van der Waals surface area contributed by atoms with Gasteiger partial charge in [0.2, 0.25) is 5.91 Å². The van der Waals surface area contributed by atoms with Crippen molar-refractivity contribution in [3.05, 3.63) is 59.4 Å². The molecule has 0 saturated carbocycles. The molecule has 4 rings (SSSR count). The molecule has 1 fully saturated rings. The highest BCUT2D eigenvalue weighted by molar-refractivity contribution is 6.33. The van der Waals surface area contributed by atoms with E-state index in [4.69, 9.17) is 16.6 Å². The van der Waals surface area contributed by atoms with Gasteiger partial charge in [-0.2, -0.15) is 0 Å². The van der Waals surface area contributed by atoms with Crippen LogP contribution in [0.3, 0.4) is 0 Å². The molecule has 0 spiro atoms. The van der Waals surface area contributed by atoms with Gasteiger partial charge in [-0.15, -0.1) is 0 Å². The van der Waals surface area contributed by atoms with Crippen molar-refractivity contribution in [2.75, 3.05) is 11.4 Å². The predicted octanol–water partition coefficient (Wildman–Crippen LogP) is 3.75. The van der Waals surface area contributed by atoms with Gasteiger partial charge < -0.3 is 9.47 Å². The minimum atomic E-state index is 0.0798. The van der Waals surface area contributed by atoms with Crippen molar-refractivity contribution in [1.29, 1.82) is 0 Å². The maximum Gasteiger partial charge on any atom is 0.227 e. The topological polar surface area (TPSA) is 38.1 Å². The Morgan fingerprint density at radius 1 is 1.13 bits per heavy atom. The number of carbonyl (C=O) groups is 1. The van der Waals surface area contributed by atoms with E-state index in [1.807, 2.05) is 49.5 Å². The molecule has 0 bridgehead atoms. The molecule has 1 amide bonds. The zero-order chi connectivity index (χ0) is 16.0. The predicted molar refractivity (Wildman–Crippen MR) is 91.9 cm³/mol. The fourth-order valence-corrected chi connectivity index (χ4v) is 3.55. The van der Waals surface area contributed by atoms with E-state index in [2.05, 4.69) is 10.6 Å². The van der Waals surface area contributed by atoms with E-state index in [-0.39, 0.29) is 11.8 Å². The van der Waals surface area contributed by atoms with E-state index < -0.39 is 0 Å². The quantitative estimate of drug-likeness (QED) is 0.719. The molecule has 1 aliphatic heterocycles. The normalized spacial score (nSPS) is 18.1. The second-order valence-electron chi connectivity index (χ2n) is 5.87. The van der Waals surface area contributed by atoms with E-state index in [1.165, 1.54) is 0 Å². The van der Waals surface area contributed by atoms with Crippen LogP contribution in [0.5, 0.6) is 0 Å². The van der Waals surface area contributed by atoms with Gasteiger partial charge >= 0.3 is 0 Å². The molecule has 3 aromatic rings. The van der Waals surface area contributed by atoms with Crippen molar-refractivity contribution in [1.82, 2.24) is 9.55 Å². The first-order valence-electron chi connectivity index (χ1n) is 7.61. The standard InChI is InChI=1S/C18H16ClN3O/c1-21-16-9-5-3-7-14(16)20-18(21)12-10-17(23)22(11-12)15-8-4-2-6-13(15)19/h2-9,12H,10-11H2,1H3. The molecule has 2 heterocycles. The summed E-state index contributed by atoms with van der Waals surface area (Å²) < 4.78 is 2.09. The third-order valence-corrected chi connectivity index (χ3v) is 4.77. The highest BCUT2D eigenvalue weighted by Crippen LogP contribution is 2.35. The number of benzene rings is 2. The molecule has 0 radical (unpaired) electrons. The lowest BCUT2D eigenvalue weighted by Crippen LogP contribution is -2.24. The SMILES string of the molecule is Cn1c(C2CC(=O)N(c3ccccc3Cl)C2)nc2ccccc21. The Bertz CT molecular complexity index is 902. The molecule has 116 valence electrons. The average molecular weight is 326 g/mol. The molecular weight excluding hydrogens is 310 g/mol.